The quantitative estimate of drug-likeness (QED) is 0.225. The number of hydrogen-bond acceptors (Lipinski definition) is 9. The summed E-state index contributed by atoms with van der Waals surface area (Å²) in [6.45, 7) is 4.37. The van der Waals surface area contributed by atoms with Gasteiger partial charge in [-0.15, -0.1) is 0 Å². The number of para-hydroxylation sites is 1. The smallest absolute Gasteiger partial charge is 0.380 e. The summed E-state index contributed by atoms with van der Waals surface area (Å²) in [6.07, 6.45) is 0.635. The Balaban J connectivity index is 0.000000376. The normalized spacial score (nSPS) is 17.9. The van der Waals surface area contributed by atoms with Gasteiger partial charge in [0.15, 0.2) is 0 Å². The van der Waals surface area contributed by atoms with Gasteiger partial charge in [-0.1, -0.05) is 12.1 Å². The first-order chi connectivity index (χ1) is 23.6. The molecule has 0 bridgehead atoms. The van der Waals surface area contributed by atoms with Crippen molar-refractivity contribution in [1.82, 2.24) is 19.7 Å². The predicted octanol–water partition coefficient (Wildman–Crippen LogP) is 3.51. The number of halogens is 4. The maximum Gasteiger partial charge on any atom is 0.417 e. The summed E-state index contributed by atoms with van der Waals surface area (Å²) in [4.78, 5) is 48.1. The summed E-state index contributed by atoms with van der Waals surface area (Å²) in [7, 11) is 8.66. The molecule has 0 unspecified atom stereocenters. The van der Waals surface area contributed by atoms with E-state index in [1.165, 1.54) is 35.9 Å². The number of methoxy groups -OCH3 is 1. The molecule has 16 heteroatoms. The number of nitrogens with zero attached hydrogens (tertiary/aromatic N) is 7. The van der Waals surface area contributed by atoms with Crippen molar-refractivity contribution in [1.29, 1.82) is 5.26 Å². The van der Waals surface area contributed by atoms with Crippen LogP contribution in [-0.2, 0) is 25.3 Å². The Morgan fingerprint density at radius 3 is 2.54 bits per heavy atom. The number of fused-ring (bicyclic) bond motifs is 1. The minimum absolute atomic E-state index is 0.0245. The molecule has 2 atom stereocenters. The second-order valence-corrected chi connectivity index (χ2v) is 12.3. The second kappa shape index (κ2) is 17.8. The van der Waals surface area contributed by atoms with E-state index in [9.17, 15) is 37.2 Å². The number of anilines is 3. The molecule has 4 rings (SSSR count). The van der Waals surface area contributed by atoms with Gasteiger partial charge in [0, 0.05) is 72.2 Å². The Labute approximate surface area is 289 Å². The van der Waals surface area contributed by atoms with E-state index in [1.807, 2.05) is 30.0 Å². The number of likely N-dealkylation sites (N-methyl/N-ethyl adjacent to an activating group) is 3. The third-order valence-corrected chi connectivity index (χ3v) is 8.26. The summed E-state index contributed by atoms with van der Waals surface area (Å²) in [5.74, 6) is -1.33. The van der Waals surface area contributed by atoms with Gasteiger partial charge in [-0.2, -0.15) is 18.4 Å². The number of benzene rings is 1. The van der Waals surface area contributed by atoms with Crippen LogP contribution in [0.5, 0.6) is 0 Å². The minimum Gasteiger partial charge on any atom is -0.380 e. The lowest BCUT2D eigenvalue weighted by molar-refractivity contribution is -0.137. The first-order valence-electron chi connectivity index (χ1n) is 16.0. The number of nitrogens with one attached hydrogen (secondary N) is 1. The van der Waals surface area contributed by atoms with Gasteiger partial charge in [-0.3, -0.25) is 14.4 Å². The highest BCUT2D eigenvalue weighted by molar-refractivity contribution is 6.01. The maximum atomic E-state index is 14.9. The van der Waals surface area contributed by atoms with Crippen LogP contribution in [0.25, 0.3) is 0 Å². The van der Waals surface area contributed by atoms with Gasteiger partial charge >= 0.3 is 6.18 Å². The number of nitriles is 1. The van der Waals surface area contributed by atoms with Crippen LogP contribution >= 0.6 is 0 Å². The molecule has 1 saturated heterocycles. The molecule has 3 amide bonds. The molecule has 272 valence electrons. The van der Waals surface area contributed by atoms with Crippen LogP contribution in [0.2, 0.25) is 0 Å². The van der Waals surface area contributed by atoms with Crippen LogP contribution in [0.1, 0.15) is 29.7 Å². The molecule has 0 spiro atoms. The SMILES string of the molecule is CO[C@@H]1CCN(C(=O)/C=C/CN(C)C)C1.Cc1cc(C(F)(F)F)c(C#N)c(N[C@H]2CCN(CCN(C)C=O)c3c(F)cccc3N(C)C2=O)n1. The van der Waals surface area contributed by atoms with Crippen molar-refractivity contribution in [2.75, 3.05) is 89.7 Å². The average Bonchev–Trinajstić information content (AvgIpc) is 3.56. The van der Waals surface area contributed by atoms with E-state index < -0.39 is 35.1 Å². The van der Waals surface area contributed by atoms with E-state index in [0.29, 0.717) is 6.41 Å². The third kappa shape index (κ3) is 10.4. The molecule has 1 fully saturated rings. The van der Waals surface area contributed by atoms with Crippen molar-refractivity contribution < 1.29 is 36.7 Å². The molecule has 1 N–H and O–H groups in total. The predicted molar refractivity (Wildman–Crippen MR) is 181 cm³/mol. The van der Waals surface area contributed by atoms with Gasteiger partial charge in [-0.25, -0.2) is 9.37 Å². The second-order valence-electron chi connectivity index (χ2n) is 12.3. The zero-order chi connectivity index (χ0) is 37.2. The lowest BCUT2D eigenvalue weighted by Crippen LogP contribution is -2.47. The summed E-state index contributed by atoms with van der Waals surface area (Å²) in [5, 5.41) is 12.2. The van der Waals surface area contributed by atoms with E-state index in [4.69, 9.17) is 4.74 Å². The average molecular weight is 705 g/mol. The van der Waals surface area contributed by atoms with E-state index in [0.717, 1.165) is 32.1 Å². The van der Waals surface area contributed by atoms with E-state index in [1.54, 1.807) is 37.3 Å². The number of alkyl halides is 3. The Hall–Kier alpha value is -4.75. The van der Waals surface area contributed by atoms with E-state index in [-0.39, 0.29) is 61.0 Å². The molecule has 0 radical (unpaired) electrons. The Kier molecular flexibility index (Phi) is 14.1. The fourth-order valence-electron chi connectivity index (χ4n) is 5.52. The van der Waals surface area contributed by atoms with Crippen LogP contribution in [0.3, 0.4) is 0 Å². The Bertz CT molecular complexity index is 1580. The number of hydrogen-bond donors (Lipinski definition) is 1. The molecule has 2 aromatic rings. The number of ether oxygens (including phenoxy) is 1. The molecule has 12 nitrogen and oxygen atoms in total. The van der Waals surface area contributed by atoms with Gasteiger partial charge in [0.05, 0.1) is 23.0 Å². The highest BCUT2D eigenvalue weighted by Crippen LogP contribution is 2.37. The van der Waals surface area contributed by atoms with Crippen molar-refractivity contribution in [3.8, 4) is 6.07 Å². The van der Waals surface area contributed by atoms with Gasteiger partial charge < -0.3 is 34.6 Å². The largest absolute Gasteiger partial charge is 0.417 e. The molecule has 2 aliphatic rings. The summed E-state index contributed by atoms with van der Waals surface area (Å²) < 4.78 is 60.6. The fraction of sp³-hybridized carbons (Fsp3) is 0.500. The first kappa shape index (κ1) is 39.7. The van der Waals surface area contributed by atoms with Crippen molar-refractivity contribution in [2.45, 2.75) is 38.1 Å². The van der Waals surface area contributed by atoms with Crippen LogP contribution in [0.15, 0.2) is 36.4 Å². The number of carbonyl (C=O) groups is 3. The van der Waals surface area contributed by atoms with Crippen molar-refractivity contribution in [3.63, 3.8) is 0 Å². The first-order valence-corrected chi connectivity index (χ1v) is 16.0. The molecular formula is C34H44F4N8O4. The molecule has 1 aromatic carbocycles. The minimum atomic E-state index is -4.78. The molecule has 1 aromatic heterocycles. The number of amides is 3. The van der Waals surface area contributed by atoms with Crippen LogP contribution in [-0.4, -0.2) is 125 Å². The number of pyridine rings is 1. The zero-order valence-electron chi connectivity index (χ0n) is 29.1. The molecular weight excluding hydrogens is 660 g/mol. The lowest BCUT2D eigenvalue weighted by Gasteiger charge is -2.36. The number of aromatic nitrogens is 1. The Morgan fingerprint density at radius 1 is 1.22 bits per heavy atom. The van der Waals surface area contributed by atoms with Gasteiger partial charge in [-0.05, 0) is 52.1 Å². The molecule has 2 aliphatic heterocycles. The van der Waals surface area contributed by atoms with Crippen LogP contribution in [0.4, 0.5) is 34.8 Å². The zero-order valence-corrected chi connectivity index (χ0v) is 29.1. The number of carbonyl (C=O) groups excluding carboxylic acids is 3. The number of rotatable bonds is 10. The Morgan fingerprint density at radius 2 is 1.94 bits per heavy atom. The lowest BCUT2D eigenvalue weighted by atomic mass is 10.0. The maximum absolute atomic E-state index is 14.9. The van der Waals surface area contributed by atoms with Gasteiger partial charge in [0.25, 0.3) is 0 Å². The van der Waals surface area contributed by atoms with Crippen LogP contribution < -0.4 is 15.1 Å². The van der Waals surface area contributed by atoms with Crippen LogP contribution in [0, 0.1) is 24.1 Å². The van der Waals surface area contributed by atoms with E-state index in [2.05, 4.69) is 10.3 Å². The topological polar surface area (TPSA) is 125 Å². The van der Waals surface area contributed by atoms with Gasteiger partial charge in [0.1, 0.15) is 29.3 Å². The standard InChI is InChI=1S/C23H24F4N6O2.C11H20N2O2/c1-14-11-16(23(25,26)27)15(12-28)21(29-14)30-18-7-8-33(10-9-31(2)13-34)20-17(24)5-4-6-19(20)32(3)22(18)35;1-12(2)7-4-5-11(14)13-8-6-10(9-13)15-3/h4-6,11,13,18H,7-10H2,1-3H3,(H,29,30);4-5,10H,6-9H2,1-3H3/b;5-4+/t18-;10-/m01/s1. The molecule has 0 aliphatic carbocycles. The van der Waals surface area contributed by atoms with Crippen molar-refractivity contribution >= 4 is 35.4 Å². The van der Waals surface area contributed by atoms with Gasteiger partial charge in [0.2, 0.25) is 18.2 Å². The highest BCUT2D eigenvalue weighted by atomic mass is 19.4. The van der Waals surface area contributed by atoms with Crippen molar-refractivity contribution in [3.05, 3.63) is 59.1 Å². The fourth-order valence-corrected chi connectivity index (χ4v) is 5.52. The van der Waals surface area contributed by atoms with E-state index >= 15 is 0 Å². The molecule has 3 heterocycles. The number of likely N-dealkylation sites (tertiary alicyclic amines) is 1. The third-order valence-electron chi connectivity index (χ3n) is 8.26. The highest BCUT2D eigenvalue weighted by Gasteiger charge is 2.37. The number of aryl methyl sites for hydroxylation is 1. The van der Waals surface area contributed by atoms with Crippen molar-refractivity contribution in [2.24, 2.45) is 0 Å². The molecule has 50 heavy (non-hydrogen) atoms. The summed E-state index contributed by atoms with van der Waals surface area (Å²) in [6, 6.07) is 5.54. The summed E-state index contributed by atoms with van der Waals surface area (Å²) >= 11 is 0. The molecule has 0 saturated carbocycles. The summed E-state index contributed by atoms with van der Waals surface area (Å²) in [5.41, 5.74) is -1.38. The monoisotopic (exact) mass is 704 g/mol.